The van der Waals surface area contributed by atoms with Crippen molar-refractivity contribution in [2.24, 2.45) is 7.05 Å². The molecule has 0 bridgehead atoms. The number of fused-ring (bicyclic) bond motifs is 1. The molecule has 1 aromatic heterocycles. The van der Waals surface area contributed by atoms with Crippen LogP contribution >= 0.6 is 0 Å². The average molecular weight is 339 g/mol. The fourth-order valence-electron chi connectivity index (χ4n) is 3.63. The van der Waals surface area contributed by atoms with Gasteiger partial charge in [-0.3, -0.25) is 9.48 Å². The number of amides is 1. The van der Waals surface area contributed by atoms with Crippen LogP contribution in [0, 0.1) is 13.8 Å². The van der Waals surface area contributed by atoms with Crippen molar-refractivity contribution in [1.29, 1.82) is 0 Å². The highest BCUT2D eigenvalue weighted by Gasteiger charge is 2.34. The van der Waals surface area contributed by atoms with Gasteiger partial charge in [0.25, 0.3) is 5.91 Å². The molecular weight excluding hydrogens is 314 g/mol. The number of carbonyl (C=O) groups excluding carboxylic acids is 1. The van der Waals surface area contributed by atoms with E-state index in [2.05, 4.69) is 12.0 Å². The Balaban J connectivity index is 1.61. The second-order valence-electron chi connectivity index (χ2n) is 7.21. The molecule has 0 unspecified atom stereocenters. The van der Waals surface area contributed by atoms with Gasteiger partial charge in [0.2, 0.25) is 0 Å². The summed E-state index contributed by atoms with van der Waals surface area (Å²) in [6.07, 6.45) is 4.20. The first kappa shape index (κ1) is 16.2. The minimum absolute atomic E-state index is 0.124. The molecule has 1 aliphatic carbocycles. The Morgan fingerprint density at radius 2 is 2.16 bits per heavy atom. The van der Waals surface area contributed by atoms with Gasteiger partial charge in [-0.2, -0.15) is 5.10 Å². The minimum atomic E-state index is 0.124. The Morgan fingerprint density at radius 3 is 2.84 bits per heavy atom. The van der Waals surface area contributed by atoms with Gasteiger partial charge < -0.3 is 9.64 Å². The molecule has 132 valence electrons. The van der Waals surface area contributed by atoms with E-state index in [1.807, 2.05) is 41.8 Å². The maximum absolute atomic E-state index is 13.2. The molecule has 1 aromatic carbocycles. The number of ether oxygens (including phenoxy) is 1. The van der Waals surface area contributed by atoms with E-state index in [-0.39, 0.29) is 5.91 Å². The molecule has 4 rings (SSSR count). The Kier molecular flexibility index (Phi) is 4.02. The van der Waals surface area contributed by atoms with Crippen LogP contribution in [0.25, 0.3) is 0 Å². The van der Waals surface area contributed by atoms with Crippen molar-refractivity contribution < 1.29 is 9.53 Å². The van der Waals surface area contributed by atoms with E-state index in [0.717, 1.165) is 60.6 Å². The zero-order chi connectivity index (χ0) is 17.6. The minimum Gasteiger partial charge on any atom is -0.493 e. The topological polar surface area (TPSA) is 47.4 Å². The maximum Gasteiger partial charge on any atom is 0.254 e. The second-order valence-corrected chi connectivity index (χ2v) is 7.21. The summed E-state index contributed by atoms with van der Waals surface area (Å²) in [6.45, 7) is 5.51. The highest BCUT2D eigenvalue weighted by Crippen LogP contribution is 2.32. The third kappa shape index (κ3) is 3.03. The number of aryl methyl sites for hydroxylation is 3. The summed E-state index contributed by atoms with van der Waals surface area (Å²) in [4.78, 5) is 15.2. The van der Waals surface area contributed by atoms with Gasteiger partial charge in [0, 0.05) is 36.5 Å². The van der Waals surface area contributed by atoms with E-state index in [1.165, 1.54) is 5.56 Å². The highest BCUT2D eigenvalue weighted by molar-refractivity contribution is 5.95. The van der Waals surface area contributed by atoms with E-state index < -0.39 is 0 Å². The van der Waals surface area contributed by atoms with Gasteiger partial charge in [0.05, 0.1) is 12.3 Å². The Labute approximate surface area is 148 Å². The quantitative estimate of drug-likeness (QED) is 0.859. The molecule has 0 spiro atoms. The van der Waals surface area contributed by atoms with Crippen LogP contribution in [0.1, 0.15) is 52.1 Å². The monoisotopic (exact) mass is 339 g/mol. The fraction of sp³-hybridized carbons (Fsp3) is 0.500. The summed E-state index contributed by atoms with van der Waals surface area (Å²) < 4.78 is 7.57. The maximum atomic E-state index is 13.2. The third-order valence-corrected chi connectivity index (χ3v) is 5.39. The van der Waals surface area contributed by atoms with Crippen LogP contribution in [0.15, 0.2) is 18.2 Å². The number of hydrogen-bond acceptors (Lipinski definition) is 3. The normalized spacial score (nSPS) is 16.3. The first-order valence-corrected chi connectivity index (χ1v) is 9.10. The third-order valence-electron chi connectivity index (χ3n) is 5.39. The molecule has 1 saturated carbocycles. The predicted molar refractivity (Wildman–Crippen MR) is 95.8 cm³/mol. The molecule has 5 nitrogen and oxygen atoms in total. The summed E-state index contributed by atoms with van der Waals surface area (Å²) in [5, 5.41) is 4.50. The van der Waals surface area contributed by atoms with Crippen molar-refractivity contribution in [3.8, 4) is 5.75 Å². The van der Waals surface area contributed by atoms with Crippen molar-refractivity contribution in [3.63, 3.8) is 0 Å². The van der Waals surface area contributed by atoms with Crippen LogP contribution in [0.5, 0.6) is 5.75 Å². The van der Waals surface area contributed by atoms with Crippen LogP contribution in [0.3, 0.4) is 0 Å². The summed E-state index contributed by atoms with van der Waals surface area (Å²) >= 11 is 0. The Hall–Kier alpha value is -2.30. The SMILES string of the molecule is Cc1nn(C)c(C)c1CN(C(=O)c1ccc2c(c1)CCCO2)C1CC1. The lowest BCUT2D eigenvalue weighted by molar-refractivity contribution is 0.0729. The highest BCUT2D eigenvalue weighted by atomic mass is 16.5. The number of carbonyl (C=O) groups is 1. The smallest absolute Gasteiger partial charge is 0.254 e. The number of nitrogens with zero attached hydrogens (tertiary/aromatic N) is 3. The van der Waals surface area contributed by atoms with E-state index in [0.29, 0.717) is 12.6 Å². The average Bonchev–Trinajstić information content (AvgIpc) is 3.42. The molecule has 5 heteroatoms. The molecule has 1 amide bonds. The van der Waals surface area contributed by atoms with Gasteiger partial charge in [-0.05, 0) is 63.3 Å². The molecule has 2 aromatic rings. The van der Waals surface area contributed by atoms with Crippen LogP contribution in [-0.2, 0) is 20.0 Å². The van der Waals surface area contributed by atoms with Crippen molar-refractivity contribution >= 4 is 5.91 Å². The fourth-order valence-corrected chi connectivity index (χ4v) is 3.63. The molecule has 0 saturated heterocycles. The first-order valence-electron chi connectivity index (χ1n) is 9.10. The van der Waals surface area contributed by atoms with Crippen molar-refractivity contribution in [3.05, 3.63) is 46.3 Å². The van der Waals surface area contributed by atoms with Gasteiger partial charge in [-0.15, -0.1) is 0 Å². The summed E-state index contributed by atoms with van der Waals surface area (Å²) in [6, 6.07) is 6.24. The lowest BCUT2D eigenvalue weighted by atomic mass is 10.0. The van der Waals surface area contributed by atoms with Crippen LogP contribution in [0.2, 0.25) is 0 Å². The Morgan fingerprint density at radius 1 is 1.36 bits per heavy atom. The van der Waals surface area contributed by atoms with Crippen LogP contribution in [0.4, 0.5) is 0 Å². The molecule has 2 heterocycles. The van der Waals surface area contributed by atoms with Gasteiger partial charge in [-0.25, -0.2) is 0 Å². The molecule has 1 aliphatic heterocycles. The first-order chi connectivity index (χ1) is 12.0. The molecule has 0 atom stereocenters. The van der Waals surface area contributed by atoms with Crippen molar-refractivity contribution in [1.82, 2.24) is 14.7 Å². The van der Waals surface area contributed by atoms with Crippen LogP contribution in [-0.4, -0.2) is 33.2 Å². The van der Waals surface area contributed by atoms with E-state index >= 15 is 0 Å². The lowest BCUT2D eigenvalue weighted by Crippen LogP contribution is -2.33. The summed E-state index contributed by atoms with van der Waals surface area (Å²) in [5.41, 5.74) is 5.24. The van der Waals surface area contributed by atoms with E-state index in [4.69, 9.17) is 4.74 Å². The zero-order valence-corrected chi connectivity index (χ0v) is 15.2. The molecule has 1 fully saturated rings. The number of hydrogen-bond donors (Lipinski definition) is 0. The largest absolute Gasteiger partial charge is 0.493 e. The Bertz CT molecular complexity index is 821. The zero-order valence-electron chi connectivity index (χ0n) is 15.2. The van der Waals surface area contributed by atoms with Gasteiger partial charge >= 0.3 is 0 Å². The summed E-state index contributed by atoms with van der Waals surface area (Å²) in [5.74, 6) is 1.05. The summed E-state index contributed by atoms with van der Waals surface area (Å²) in [7, 11) is 1.96. The van der Waals surface area contributed by atoms with Gasteiger partial charge in [-0.1, -0.05) is 0 Å². The lowest BCUT2D eigenvalue weighted by Gasteiger charge is -2.24. The van der Waals surface area contributed by atoms with E-state index in [9.17, 15) is 4.79 Å². The molecular formula is C20H25N3O2. The molecule has 0 radical (unpaired) electrons. The number of rotatable bonds is 4. The molecule has 0 N–H and O–H groups in total. The number of benzene rings is 1. The second kappa shape index (κ2) is 6.21. The van der Waals surface area contributed by atoms with Gasteiger partial charge in [0.15, 0.2) is 0 Å². The molecule has 2 aliphatic rings. The number of aromatic nitrogens is 2. The van der Waals surface area contributed by atoms with Crippen molar-refractivity contribution in [2.75, 3.05) is 6.61 Å². The van der Waals surface area contributed by atoms with Gasteiger partial charge in [0.1, 0.15) is 5.75 Å². The van der Waals surface area contributed by atoms with E-state index in [1.54, 1.807) is 0 Å². The van der Waals surface area contributed by atoms with Crippen molar-refractivity contribution in [2.45, 2.75) is 52.1 Å². The van der Waals surface area contributed by atoms with Crippen LogP contribution < -0.4 is 4.74 Å². The standard InChI is InChI=1S/C20H25N3O2/c1-13-18(14(2)22(3)21-13)12-23(17-7-8-17)20(24)16-6-9-19-15(11-16)5-4-10-25-19/h6,9,11,17H,4-5,7-8,10,12H2,1-3H3. The molecule has 25 heavy (non-hydrogen) atoms. The predicted octanol–water partition coefficient (Wildman–Crippen LogP) is 3.17.